The predicted octanol–water partition coefficient (Wildman–Crippen LogP) is 1.18. The second-order valence-electron chi connectivity index (χ2n) is 4.19. The Balaban J connectivity index is 1.94. The number of aliphatic hydroxyl groups is 1. The lowest BCUT2D eigenvalue weighted by molar-refractivity contribution is 0.277. The van der Waals surface area contributed by atoms with Crippen LogP contribution in [0.3, 0.4) is 0 Å². The Bertz CT molecular complexity index is 323. The zero-order chi connectivity index (χ0) is 10.0. The van der Waals surface area contributed by atoms with E-state index in [2.05, 4.69) is 22.2 Å². The Labute approximate surface area is 83.4 Å². The molecule has 0 radical (unpaired) electrons. The maximum Gasteiger partial charge on any atom is 0.222 e. The Morgan fingerprint density at radius 1 is 1.57 bits per heavy atom. The van der Waals surface area contributed by atoms with E-state index in [1.165, 1.54) is 12.8 Å². The van der Waals surface area contributed by atoms with E-state index in [-0.39, 0.29) is 6.61 Å². The van der Waals surface area contributed by atoms with Crippen molar-refractivity contribution in [3.05, 3.63) is 18.0 Å². The van der Waals surface area contributed by atoms with Gasteiger partial charge in [-0.1, -0.05) is 6.92 Å². The molecule has 0 aromatic carbocycles. The highest BCUT2D eigenvalue weighted by atomic mass is 16.3. The molecule has 14 heavy (non-hydrogen) atoms. The fourth-order valence-corrected chi connectivity index (χ4v) is 1.25. The zero-order valence-corrected chi connectivity index (χ0v) is 8.32. The van der Waals surface area contributed by atoms with Gasteiger partial charge in [0.1, 0.15) is 0 Å². The average molecular weight is 193 g/mol. The summed E-state index contributed by atoms with van der Waals surface area (Å²) in [6.45, 7) is 3.13. The van der Waals surface area contributed by atoms with E-state index in [0.717, 1.165) is 6.54 Å². The van der Waals surface area contributed by atoms with Crippen LogP contribution in [0.1, 0.15) is 25.5 Å². The van der Waals surface area contributed by atoms with Gasteiger partial charge in [-0.3, -0.25) is 0 Å². The first-order valence-electron chi connectivity index (χ1n) is 4.89. The number of aromatic nitrogens is 2. The lowest BCUT2D eigenvalue weighted by Crippen LogP contribution is -2.14. The molecule has 4 nitrogen and oxygen atoms in total. The van der Waals surface area contributed by atoms with E-state index in [9.17, 15) is 0 Å². The summed E-state index contributed by atoms with van der Waals surface area (Å²) in [6.07, 6.45) is 4.22. The smallest absolute Gasteiger partial charge is 0.222 e. The minimum Gasteiger partial charge on any atom is -0.390 e. The molecule has 1 aliphatic rings. The first-order chi connectivity index (χ1) is 6.72. The Morgan fingerprint density at radius 3 is 3.00 bits per heavy atom. The molecule has 0 atom stereocenters. The Morgan fingerprint density at radius 2 is 2.36 bits per heavy atom. The second-order valence-corrected chi connectivity index (χ2v) is 4.19. The fourth-order valence-electron chi connectivity index (χ4n) is 1.25. The summed E-state index contributed by atoms with van der Waals surface area (Å²) in [5, 5.41) is 12.1. The first-order valence-corrected chi connectivity index (χ1v) is 4.89. The maximum absolute atomic E-state index is 8.88. The van der Waals surface area contributed by atoms with E-state index in [1.54, 1.807) is 12.3 Å². The SMILES string of the molecule is CC1(CNc2nccc(CO)n2)CC1. The van der Waals surface area contributed by atoms with Gasteiger partial charge >= 0.3 is 0 Å². The van der Waals surface area contributed by atoms with Crippen molar-refractivity contribution in [2.24, 2.45) is 5.41 Å². The number of nitrogens with one attached hydrogen (secondary N) is 1. The van der Waals surface area contributed by atoms with Crippen LogP contribution in [0.25, 0.3) is 0 Å². The van der Waals surface area contributed by atoms with Crippen LogP contribution < -0.4 is 5.32 Å². The van der Waals surface area contributed by atoms with Crippen LogP contribution >= 0.6 is 0 Å². The molecule has 1 saturated carbocycles. The molecule has 2 N–H and O–H groups in total. The molecular weight excluding hydrogens is 178 g/mol. The van der Waals surface area contributed by atoms with Crippen molar-refractivity contribution < 1.29 is 5.11 Å². The zero-order valence-electron chi connectivity index (χ0n) is 8.32. The van der Waals surface area contributed by atoms with Crippen molar-refractivity contribution >= 4 is 5.95 Å². The largest absolute Gasteiger partial charge is 0.390 e. The molecule has 4 heteroatoms. The van der Waals surface area contributed by atoms with Gasteiger partial charge in [0.05, 0.1) is 12.3 Å². The number of hydrogen-bond donors (Lipinski definition) is 2. The molecule has 1 aromatic heterocycles. The van der Waals surface area contributed by atoms with Crippen molar-refractivity contribution in [3.63, 3.8) is 0 Å². The standard InChI is InChI=1S/C10H15N3O/c1-10(3-4-10)7-12-9-11-5-2-8(6-14)13-9/h2,5,14H,3-4,6-7H2,1H3,(H,11,12,13). The molecule has 1 aliphatic carbocycles. The summed E-state index contributed by atoms with van der Waals surface area (Å²) in [5.41, 5.74) is 1.10. The van der Waals surface area contributed by atoms with Crippen LogP contribution in [0, 0.1) is 5.41 Å². The van der Waals surface area contributed by atoms with Crippen LogP contribution in [-0.2, 0) is 6.61 Å². The van der Waals surface area contributed by atoms with Crippen LogP contribution in [0.15, 0.2) is 12.3 Å². The maximum atomic E-state index is 8.88. The molecule has 0 unspecified atom stereocenters. The molecule has 0 bridgehead atoms. The molecule has 0 spiro atoms. The van der Waals surface area contributed by atoms with Gasteiger partial charge in [0.2, 0.25) is 5.95 Å². The van der Waals surface area contributed by atoms with Gasteiger partial charge in [-0.2, -0.15) is 0 Å². The monoisotopic (exact) mass is 193 g/mol. The number of hydrogen-bond acceptors (Lipinski definition) is 4. The van der Waals surface area contributed by atoms with Gasteiger partial charge in [-0.05, 0) is 24.3 Å². The van der Waals surface area contributed by atoms with Gasteiger partial charge in [0.25, 0.3) is 0 Å². The Hall–Kier alpha value is -1.16. The van der Waals surface area contributed by atoms with E-state index < -0.39 is 0 Å². The lowest BCUT2D eigenvalue weighted by atomic mass is 10.1. The summed E-state index contributed by atoms with van der Waals surface area (Å²) in [4.78, 5) is 8.23. The predicted molar refractivity (Wildman–Crippen MR) is 53.8 cm³/mol. The van der Waals surface area contributed by atoms with Crippen molar-refractivity contribution in [2.45, 2.75) is 26.4 Å². The molecule has 0 saturated heterocycles. The minimum absolute atomic E-state index is 0.0333. The molecule has 1 aromatic rings. The number of rotatable bonds is 4. The molecule has 1 fully saturated rings. The minimum atomic E-state index is -0.0333. The van der Waals surface area contributed by atoms with Gasteiger partial charge in [0.15, 0.2) is 0 Å². The normalized spacial score (nSPS) is 17.9. The molecule has 1 heterocycles. The van der Waals surface area contributed by atoms with Gasteiger partial charge in [-0.15, -0.1) is 0 Å². The topological polar surface area (TPSA) is 58.0 Å². The van der Waals surface area contributed by atoms with Crippen LogP contribution in [0.4, 0.5) is 5.95 Å². The highest BCUT2D eigenvalue weighted by Crippen LogP contribution is 2.44. The van der Waals surface area contributed by atoms with Crippen LogP contribution in [-0.4, -0.2) is 21.6 Å². The number of anilines is 1. The van der Waals surface area contributed by atoms with E-state index in [4.69, 9.17) is 5.11 Å². The number of aliphatic hydroxyl groups excluding tert-OH is 1. The third-order valence-electron chi connectivity index (χ3n) is 2.65. The van der Waals surface area contributed by atoms with Crippen molar-refractivity contribution in [3.8, 4) is 0 Å². The molecular formula is C10H15N3O. The van der Waals surface area contributed by atoms with E-state index in [1.807, 2.05) is 0 Å². The highest BCUT2D eigenvalue weighted by molar-refractivity contribution is 5.26. The van der Waals surface area contributed by atoms with Gasteiger partial charge in [-0.25, -0.2) is 9.97 Å². The summed E-state index contributed by atoms with van der Waals surface area (Å²) >= 11 is 0. The van der Waals surface area contributed by atoms with Crippen molar-refractivity contribution in [2.75, 3.05) is 11.9 Å². The summed E-state index contributed by atoms with van der Waals surface area (Å²) < 4.78 is 0. The van der Waals surface area contributed by atoms with E-state index >= 15 is 0 Å². The fraction of sp³-hybridized carbons (Fsp3) is 0.600. The second kappa shape index (κ2) is 3.53. The van der Waals surface area contributed by atoms with Gasteiger partial charge in [0, 0.05) is 12.7 Å². The highest BCUT2D eigenvalue weighted by Gasteiger charge is 2.36. The third kappa shape index (κ3) is 2.20. The quantitative estimate of drug-likeness (QED) is 0.754. The van der Waals surface area contributed by atoms with Gasteiger partial charge < -0.3 is 10.4 Å². The summed E-state index contributed by atoms with van der Waals surface area (Å²) in [7, 11) is 0. The average Bonchev–Trinajstić information content (AvgIpc) is 2.95. The molecule has 0 amide bonds. The van der Waals surface area contributed by atoms with Crippen LogP contribution in [0.5, 0.6) is 0 Å². The van der Waals surface area contributed by atoms with Crippen molar-refractivity contribution in [1.82, 2.24) is 9.97 Å². The molecule has 0 aliphatic heterocycles. The summed E-state index contributed by atoms with van der Waals surface area (Å²) in [5.74, 6) is 0.615. The van der Waals surface area contributed by atoms with Crippen LogP contribution in [0.2, 0.25) is 0 Å². The first kappa shape index (κ1) is 9.40. The molecule has 2 rings (SSSR count). The molecule has 76 valence electrons. The summed E-state index contributed by atoms with van der Waals surface area (Å²) in [6, 6.07) is 1.71. The lowest BCUT2D eigenvalue weighted by Gasteiger charge is -2.09. The van der Waals surface area contributed by atoms with E-state index in [0.29, 0.717) is 17.1 Å². The Kier molecular flexibility index (Phi) is 2.37. The third-order valence-corrected chi connectivity index (χ3v) is 2.65. The van der Waals surface area contributed by atoms with Crippen molar-refractivity contribution in [1.29, 1.82) is 0 Å². The number of nitrogens with zero attached hydrogens (tertiary/aromatic N) is 2.